The van der Waals surface area contributed by atoms with Gasteiger partial charge >= 0.3 is 0 Å². The van der Waals surface area contributed by atoms with E-state index in [9.17, 15) is 4.79 Å². The van der Waals surface area contributed by atoms with Crippen LogP contribution < -0.4 is 10.6 Å². The van der Waals surface area contributed by atoms with Crippen molar-refractivity contribution in [3.8, 4) is 0 Å². The second-order valence-electron chi connectivity index (χ2n) is 7.19. The molecule has 1 aliphatic rings. The van der Waals surface area contributed by atoms with E-state index in [1.54, 1.807) is 6.20 Å². The molecule has 0 spiro atoms. The first-order valence-corrected chi connectivity index (χ1v) is 9.13. The van der Waals surface area contributed by atoms with Crippen molar-refractivity contribution in [3.05, 3.63) is 53.9 Å². The summed E-state index contributed by atoms with van der Waals surface area (Å²) in [6.45, 7) is 6.59. The van der Waals surface area contributed by atoms with E-state index >= 15 is 0 Å². The molecule has 25 heavy (non-hydrogen) atoms. The van der Waals surface area contributed by atoms with Crippen LogP contribution in [-0.4, -0.2) is 28.3 Å². The molecule has 0 aliphatic heterocycles. The molecule has 1 saturated carbocycles. The average Bonchev–Trinajstić information content (AvgIpc) is 3.31. The van der Waals surface area contributed by atoms with Crippen molar-refractivity contribution < 1.29 is 4.79 Å². The Kier molecular flexibility index (Phi) is 5.53. The van der Waals surface area contributed by atoms with E-state index in [0.717, 1.165) is 0 Å². The Balaban J connectivity index is 1.53. The SMILES string of the molecule is Cc1ccc([C@H](NC(=O)CN[C@H](C)[C@H](C)n2cccn2)C2CC2)cc1. The number of rotatable bonds is 8. The minimum absolute atomic E-state index is 0.0528. The molecule has 1 aromatic heterocycles. The lowest BCUT2D eigenvalue weighted by molar-refractivity contribution is -0.121. The largest absolute Gasteiger partial charge is 0.348 e. The molecule has 1 aliphatic carbocycles. The van der Waals surface area contributed by atoms with Crippen LogP contribution in [0.2, 0.25) is 0 Å². The van der Waals surface area contributed by atoms with Gasteiger partial charge < -0.3 is 10.6 Å². The van der Waals surface area contributed by atoms with Gasteiger partial charge in [-0.05, 0) is 51.2 Å². The number of nitrogens with one attached hydrogen (secondary N) is 2. The fourth-order valence-electron chi connectivity index (χ4n) is 3.08. The highest BCUT2D eigenvalue weighted by atomic mass is 16.2. The number of nitrogens with zero attached hydrogens (tertiary/aromatic N) is 2. The van der Waals surface area contributed by atoms with Gasteiger partial charge in [0.2, 0.25) is 5.91 Å². The van der Waals surface area contributed by atoms with Gasteiger partial charge in [0.25, 0.3) is 0 Å². The summed E-state index contributed by atoms with van der Waals surface area (Å²) in [5, 5.41) is 10.8. The fourth-order valence-corrected chi connectivity index (χ4v) is 3.08. The van der Waals surface area contributed by atoms with Crippen molar-refractivity contribution >= 4 is 5.91 Å². The molecule has 0 saturated heterocycles. The number of aromatic nitrogens is 2. The molecule has 2 aromatic rings. The molecule has 3 atom stereocenters. The molecule has 0 unspecified atom stereocenters. The van der Waals surface area contributed by atoms with Crippen molar-refractivity contribution in [2.24, 2.45) is 5.92 Å². The van der Waals surface area contributed by atoms with E-state index in [1.807, 2.05) is 16.9 Å². The summed E-state index contributed by atoms with van der Waals surface area (Å²) in [5.74, 6) is 0.629. The Labute approximate surface area is 149 Å². The molecule has 5 heteroatoms. The zero-order chi connectivity index (χ0) is 17.8. The van der Waals surface area contributed by atoms with Crippen molar-refractivity contribution in [2.45, 2.75) is 51.7 Å². The van der Waals surface area contributed by atoms with Crippen molar-refractivity contribution in [3.63, 3.8) is 0 Å². The van der Waals surface area contributed by atoms with Crippen molar-refractivity contribution in [2.75, 3.05) is 6.54 Å². The summed E-state index contributed by atoms with van der Waals surface area (Å²) in [6, 6.07) is 10.9. The highest BCUT2D eigenvalue weighted by Gasteiger charge is 2.33. The van der Waals surface area contributed by atoms with Gasteiger partial charge in [-0.1, -0.05) is 29.8 Å². The third-order valence-corrected chi connectivity index (χ3v) is 5.10. The van der Waals surface area contributed by atoms with E-state index in [-0.39, 0.29) is 24.0 Å². The highest BCUT2D eigenvalue weighted by Crippen LogP contribution is 2.40. The number of hydrogen-bond donors (Lipinski definition) is 2. The molecule has 1 heterocycles. The predicted molar refractivity (Wildman–Crippen MR) is 99.2 cm³/mol. The molecule has 5 nitrogen and oxygen atoms in total. The maximum absolute atomic E-state index is 12.4. The number of benzene rings is 1. The van der Waals surface area contributed by atoms with Gasteiger partial charge in [-0.3, -0.25) is 9.48 Å². The molecule has 0 radical (unpaired) electrons. The molecular formula is C20H28N4O. The van der Waals surface area contributed by atoms with Gasteiger partial charge in [0.05, 0.1) is 18.6 Å². The van der Waals surface area contributed by atoms with E-state index in [1.165, 1.54) is 24.0 Å². The number of aryl methyl sites for hydroxylation is 1. The topological polar surface area (TPSA) is 59.0 Å². The Hall–Kier alpha value is -2.14. The molecule has 0 bridgehead atoms. The summed E-state index contributed by atoms with van der Waals surface area (Å²) >= 11 is 0. The standard InChI is InChI=1S/C20H28N4O/c1-14-5-7-17(8-6-14)20(18-9-10-18)23-19(25)13-21-15(2)16(3)24-12-4-11-22-24/h4-8,11-12,15-16,18,20-21H,9-10,13H2,1-3H3,(H,23,25)/t15-,16+,20+/m1/s1. The Bertz CT molecular complexity index is 676. The van der Waals surface area contributed by atoms with Crippen LogP contribution in [0.5, 0.6) is 0 Å². The molecule has 134 valence electrons. The normalized spacial score (nSPS) is 17.7. The monoisotopic (exact) mass is 340 g/mol. The maximum Gasteiger partial charge on any atom is 0.234 e. The highest BCUT2D eigenvalue weighted by molar-refractivity contribution is 5.78. The lowest BCUT2D eigenvalue weighted by Crippen LogP contribution is -2.42. The lowest BCUT2D eigenvalue weighted by Gasteiger charge is -2.23. The fraction of sp³-hybridized carbons (Fsp3) is 0.500. The maximum atomic E-state index is 12.4. The first-order chi connectivity index (χ1) is 12.0. The smallest absolute Gasteiger partial charge is 0.234 e. The zero-order valence-electron chi connectivity index (χ0n) is 15.3. The third kappa shape index (κ3) is 4.69. The lowest BCUT2D eigenvalue weighted by atomic mass is 10.0. The van der Waals surface area contributed by atoms with E-state index in [2.05, 4.69) is 60.8 Å². The van der Waals surface area contributed by atoms with Gasteiger partial charge in [-0.25, -0.2) is 0 Å². The summed E-state index contributed by atoms with van der Waals surface area (Å²) in [5.41, 5.74) is 2.45. The average molecular weight is 340 g/mol. The summed E-state index contributed by atoms with van der Waals surface area (Å²) < 4.78 is 1.91. The molecule has 1 amide bonds. The number of hydrogen-bond acceptors (Lipinski definition) is 3. The van der Waals surface area contributed by atoms with Crippen LogP contribution in [0.15, 0.2) is 42.7 Å². The van der Waals surface area contributed by atoms with Crippen LogP contribution in [0.1, 0.15) is 49.9 Å². The van der Waals surface area contributed by atoms with Crippen LogP contribution >= 0.6 is 0 Å². The van der Waals surface area contributed by atoms with Crippen molar-refractivity contribution in [1.29, 1.82) is 0 Å². The Morgan fingerprint density at radius 3 is 2.60 bits per heavy atom. The van der Waals surface area contributed by atoms with Crippen LogP contribution in [-0.2, 0) is 4.79 Å². The van der Waals surface area contributed by atoms with Gasteiger partial charge in [0, 0.05) is 18.4 Å². The summed E-state index contributed by atoms with van der Waals surface area (Å²) in [6.07, 6.45) is 6.11. The van der Waals surface area contributed by atoms with E-state index in [0.29, 0.717) is 12.5 Å². The third-order valence-electron chi connectivity index (χ3n) is 5.10. The molecule has 1 aromatic carbocycles. The van der Waals surface area contributed by atoms with E-state index in [4.69, 9.17) is 0 Å². The Morgan fingerprint density at radius 2 is 2.00 bits per heavy atom. The second-order valence-corrected chi connectivity index (χ2v) is 7.19. The first-order valence-electron chi connectivity index (χ1n) is 9.13. The minimum Gasteiger partial charge on any atom is -0.348 e. The number of carbonyl (C=O) groups is 1. The Morgan fingerprint density at radius 1 is 1.28 bits per heavy atom. The van der Waals surface area contributed by atoms with Crippen LogP contribution in [0, 0.1) is 12.8 Å². The second kappa shape index (κ2) is 7.83. The van der Waals surface area contributed by atoms with E-state index < -0.39 is 0 Å². The zero-order valence-corrected chi connectivity index (χ0v) is 15.3. The predicted octanol–water partition coefficient (Wildman–Crippen LogP) is 3.00. The number of amides is 1. The van der Waals surface area contributed by atoms with Gasteiger partial charge in [-0.15, -0.1) is 0 Å². The van der Waals surface area contributed by atoms with Gasteiger partial charge in [-0.2, -0.15) is 5.10 Å². The van der Waals surface area contributed by atoms with Gasteiger partial charge in [0.15, 0.2) is 0 Å². The quantitative estimate of drug-likeness (QED) is 0.777. The van der Waals surface area contributed by atoms with Crippen LogP contribution in [0.25, 0.3) is 0 Å². The first kappa shape index (κ1) is 17.7. The molecular weight excluding hydrogens is 312 g/mol. The van der Waals surface area contributed by atoms with Crippen LogP contribution in [0.3, 0.4) is 0 Å². The van der Waals surface area contributed by atoms with Gasteiger partial charge in [0.1, 0.15) is 0 Å². The summed E-state index contributed by atoms with van der Waals surface area (Å²) in [7, 11) is 0. The molecule has 3 rings (SSSR count). The molecule has 2 N–H and O–H groups in total. The van der Waals surface area contributed by atoms with Crippen LogP contribution in [0.4, 0.5) is 0 Å². The van der Waals surface area contributed by atoms with Crippen molar-refractivity contribution in [1.82, 2.24) is 20.4 Å². The minimum atomic E-state index is 0.0528. The number of carbonyl (C=O) groups excluding carboxylic acids is 1. The molecule has 1 fully saturated rings. The summed E-state index contributed by atoms with van der Waals surface area (Å²) in [4.78, 5) is 12.4.